The van der Waals surface area contributed by atoms with Gasteiger partial charge in [-0.1, -0.05) is 48.0 Å². The maximum atomic E-state index is 13.4. The number of ether oxygens (including phenoxy) is 1. The van der Waals surface area contributed by atoms with Crippen LogP contribution in [0.15, 0.2) is 65.9 Å². The van der Waals surface area contributed by atoms with Crippen molar-refractivity contribution >= 4 is 29.4 Å². The summed E-state index contributed by atoms with van der Waals surface area (Å²) in [6.07, 6.45) is 0. The maximum Gasteiger partial charge on any atom is 0.322 e. The van der Waals surface area contributed by atoms with Crippen LogP contribution in [-0.4, -0.2) is 60.4 Å². The van der Waals surface area contributed by atoms with E-state index in [4.69, 9.17) is 16.3 Å². The molecule has 2 heterocycles. The quantitative estimate of drug-likeness (QED) is 0.611. The first-order valence-electron chi connectivity index (χ1n) is 10.7. The lowest BCUT2D eigenvalue weighted by atomic mass is 9.95. The number of rotatable bonds is 7. The Morgan fingerprint density at radius 2 is 1.88 bits per heavy atom. The van der Waals surface area contributed by atoms with E-state index >= 15 is 0 Å². The number of benzene rings is 2. The van der Waals surface area contributed by atoms with Crippen LogP contribution in [0.5, 0.6) is 5.75 Å². The first-order valence-corrected chi connectivity index (χ1v) is 11.0. The van der Waals surface area contributed by atoms with Gasteiger partial charge in [0.15, 0.2) is 0 Å². The summed E-state index contributed by atoms with van der Waals surface area (Å²) < 4.78 is 5.59. The Labute approximate surface area is 197 Å². The maximum absolute atomic E-state index is 13.4. The van der Waals surface area contributed by atoms with E-state index in [1.165, 1.54) is 9.80 Å². The molecular weight excluding hydrogens is 444 g/mol. The zero-order chi connectivity index (χ0) is 23.5. The predicted octanol–water partition coefficient (Wildman–Crippen LogP) is 2.72. The number of nitrogens with zero attached hydrogens (tertiary/aromatic N) is 2. The second-order valence-electron chi connectivity index (χ2n) is 7.88. The molecule has 2 unspecified atom stereocenters. The van der Waals surface area contributed by atoms with E-state index in [0.717, 1.165) is 5.75 Å². The molecule has 2 N–H and O–H groups in total. The molecule has 4 amide bonds. The number of amides is 4. The van der Waals surface area contributed by atoms with Crippen LogP contribution in [0.3, 0.4) is 0 Å². The molecule has 172 valence electrons. The molecule has 8 nitrogen and oxygen atoms in total. The van der Waals surface area contributed by atoms with Crippen molar-refractivity contribution in [2.45, 2.75) is 19.0 Å². The van der Waals surface area contributed by atoms with Gasteiger partial charge in [0.2, 0.25) is 5.91 Å². The van der Waals surface area contributed by atoms with Gasteiger partial charge in [0.25, 0.3) is 5.91 Å². The number of hydrogen-bond acceptors (Lipinski definition) is 4. The zero-order valence-corrected chi connectivity index (χ0v) is 19.1. The lowest BCUT2D eigenvalue weighted by Gasteiger charge is -2.31. The standard InChI is InChI=1S/C24H25ClN4O4/c1-15(22(30)26-12-13-33-16-8-4-3-5-9-16)29-14-19-20(23(29)31)21(27-24(32)28(19)2)17-10-6-7-11-18(17)25/h3-11,15,21H,12-14H2,1-2H3,(H,26,30)(H,27,32). The van der Waals surface area contributed by atoms with Crippen molar-refractivity contribution in [3.05, 3.63) is 76.5 Å². The molecule has 9 heteroatoms. The van der Waals surface area contributed by atoms with E-state index in [1.807, 2.05) is 30.3 Å². The Morgan fingerprint density at radius 1 is 1.18 bits per heavy atom. The lowest BCUT2D eigenvalue weighted by molar-refractivity contribution is -0.135. The number of hydrogen-bond donors (Lipinski definition) is 2. The van der Waals surface area contributed by atoms with Gasteiger partial charge in [0, 0.05) is 12.1 Å². The number of urea groups is 1. The summed E-state index contributed by atoms with van der Waals surface area (Å²) in [5, 5.41) is 6.11. The molecule has 2 aliphatic rings. The van der Waals surface area contributed by atoms with E-state index in [2.05, 4.69) is 10.6 Å². The van der Waals surface area contributed by atoms with Gasteiger partial charge in [-0.2, -0.15) is 0 Å². The highest BCUT2D eigenvalue weighted by Crippen LogP contribution is 2.38. The fourth-order valence-electron chi connectivity index (χ4n) is 3.99. The molecule has 33 heavy (non-hydrogen) atoms. The van der Waals surface area contributed by atoms with Crippen molar-refractivity contribution in [3.8, 4) is 5.75 Å². The fraction of sp³-hybridized carbons (Fsp3) is 0.292. The second kappa shape index (κ2) is 9.54. The molecule has 2 aromatic rings. The van der Waals surface area contributed by atoms with Crippen molar-refractivity contribution in [1.29, 1.82) is 0 Å². The Bertz CT molecular complexity index is 1100. The number of carbonyl (C=O) groups excluding carboxylic acids is 3. The van der Waals surface area contributed by atoms with Crippen molar-refractivity contribution in [1.82, 2.24) is 20.4 Å². The molecule has 0 saturated carbocycles. The largest absolute Gasteiger partial charge is 0.492 e. The molecule has 2 aromatic carbocycles. The summed E-state index contributed by atoms with van der Waals surface area (Å²) in [4.78, 5) is 41.6. The topological polar surface area (TPSA) is 91.0 Å². The van der Waals surface area contributed by atoms with Gasteiger partial charge < -0.3 is 20.3 Å². The SMILES string of the molecule is CC(C(=O)NCCOc1ccccc1)N1CC2=C(C1=O)C(c1ccccc1Cl)NC(=O)N2C. The molecule has 0 aromatic heterocycles. The Morgan fingerprint density at radius 3 is 2.61 bits per heavy atom. The summed E-state index contributed by atoms with van der Waals surface area (Å²) in [7, 11) is 1.61. The van der Waals surface area contributed by atoms with Crippen molar-refractivity contribution < 1.29 is 19.1 Å². The predicted molar refractivity (Wildman–Crippen MR) is 124 cm³/mol. The minimum atomic E-state index is -0.727. The number of carbonyl (C=O) groups is 3. The van der Waals surface area contributed by atoms with Crippen LogP contribution in [0.1, 0.15) is 18.5 Å². The molecule has 4 rings (SSSR count). The minimum absolute atomic E-state index is 0.161. The van der Waals surface area contributed by atoms with Crippen molar-refractivity contribution in [3.63, 3.8) is 0 Å². The summed E-state index contributed by atoms with van der Waals surface area (Å²) in [5.74, 6) is 0.123. The van der Waals surface area contributed by atoms with Gasteiger partial charge >= 0.3 is 6.03 Å². The highest BCUT2D eigenvalue weighted by molar-refractivity contribution is 6.31. The molecule has 2 atom stereocenters. The fourth-order valence-corrected chi connectivity index (χ4v) is 4.24. The molecular formula is C24H25ClN4O4. The third kappa shape index (κ3) is 4.52. The van der Waals surface area contributed by atoms with E-state index in [0.29, 0.717) is 35.0 Å². The van der Waals surface area contributed by atoms with E-state index < -0.39 is 12.1 Å². The molecule has 0 aliphatic carbocycles. The van der Waals surface area contributed by atoms with Crippen LogP contribution in [0.4, 0.5) is 4.79 Å². The van der Waals surface area contributed by atoms with Gasteiger partial charge in [0.1, 0.15) is 18.4 Å². The Balaban J connectivity index is 1.44. The van der Waals surface area contributed by atoms with Crippen molar-refractivity contribution in [2.24, 2.45) is 0 Å². The summed E-state index contributed by atoms with van der Waals surface area (Å²) in [6, 6.07) is 14.7. The first-order chi connectivity index (χ1) is 15.9. The smallest absolute Gasteiger partial charge is 0.322 e. The van der Waals surface area contributed by atoms with Gasteiger partial charge in [0.05, 0.1) is 30.4 Å². The third-order valence-corrected chi connectivity index (χ3v) is 6.21. The normalized spacial score (nSPS) is 18.7. The molecule has 0 saturated heterocycles. The third-order valence-electron chi connectivity index (χ3n) is 5.86. The number of likely N-dealkylation sites (N-methyl/N-ethyl adjacent to an activating group) is 1. The van der Waals surface area contributed by atoms with Gasteiger partial charge in [-0.3, -0.25) is 14.5 Å². The highest BCUT2D eigenvalue weighted by Gasteiger charge is 2.45. The van der Waals surface area contributed by atoms with Crippen LogP contribution in [0.25, 0.3) is 0 Å². The van der Waals surface area contributed by atoms with E-state index in [1.54, 1.807) is 38.2 Å². The monoisotopic (exact) mass is 468 g/mol. The molecule has 2 aliphatic heterocycles. The average Bonchev–Trinajstić information content (AvgIpc) is 3.17. The summed E-state index contributed by atoms with van der Waals surface area (Å²) in [5.41, 5.74) is 1.64. The van der Waals surface area contributed by atoms with Gasteiger partial charge in [-0.05, 0) is 30.7 Å². The Hall–Kier alpha value is -3.52. The van der Waals surface area contributed by atoms with Crippen LogP contribution in [0, 0.1) is 0 Å². The van der Waals surface area contributed by atoms with Gasteiger partial charge in [-0.25, -0.2) is 4.79 Å². The molecule has 0 radical (unpaired) electrons. The van der Waals surface area contributed by atoms with E-state index in [-0.39, 0.29) is 24.4 Å². The molecule has 0 spiro atoms. The van der Waals surface area contributed by atoms with Gasteiger partial charge in [-0.15, -0.1) is 0 Å². The summed E-state index contributed by atoms with van der Waals surface area (Å²) >= 11 is 6.36. The summed E-state index contributed by atoms with van der Waals surface area (Å²) in [6.45, 7) is 2.44. The van der Waals surface area contributed by atoms with Crippen LogP contribution < -0.4 is 15.4 Å². The van der Waals surface area contributed by atoms with Crippen LogP contribution in [-0.2, 0) is 9.59 Å². The zero-order valence-electron chi connectivity index (χ0n) is 18.4. The number of para-hydroxylation sites is 1. The van der Waals surface area contributed by atoms with E-state index in [9.17, 15) is 14.4 Å². The lowest BCUT2D eigenvalue weighted by Crippen LogP contribution is -2.47. The molecule has 0 fully saturated rings. The number of halogens is 1. The average molecular weight is 469 g/mol. The minimum Gasteiger partial charge on any atom is -0.492 e. The number of nitrogens with one attached hydrogen (secondary N) is 2. The van der Waals surface area contributed by atoms with Crippen molar-refractivity contribution in [2.75, 3.05) is 26.7 Å². The molecule has 0 bridgehead atoms. The highest BCUT2D eigenvalue weighted by atomic mass is 35.5. The van der Waals surface area contributed by atoms with Crippen LogP contribution >= 0.6 is 11.6 Å². The second-order valence-corrected chi connectivity index (χ2v) is 8.29. The first kappa shape index (κ1) is 22.7. The van der Waals surface area contributed by atoms with Crippen LogP contribution in [0.2, 0.25) is 5.02 Å². The Kier molecular flexibility index (Phi) is 6.55.